The van der Waals surface area contributed by atoms with Crippen LogP contribution >= 0.6 is 0 Å². The van der Waals surface area contributed by atoms with Crippen molar-refractivity contribution in [3.63, 3.8) is 0 Å². The molecule has 1 N–H and O–H groups in total. The normalized spacial score (nSPS) is 24.2. The molecule has 0 aliphatic carbocycles. The van der Waals surface area contributed by atoms with Crippen LogP contribution in [0.5, 0.6) is 0 Å². The number of hydrogen-bond acceptors (Lipinski definition) is 3. The minimum Gasteiger partial charge on any atom is -0.323 e. The Bertz CT molecular complexity index is 355. The largest absolute Gasteiger partial charge is 0.337 e. The van der Waals surface area contributed by atoms with Crippen LogP contribution in [-0.4, -0.2) is 42.0 Å². The van der Waals surface area contributed by atoms with E-state index in [2.05, 4.69) is 15.5 Å². The van der Waals surface area contributed by atoms with Gasteiger partial charge in [-0.2, -0.15) is 5.10 Å². The van der Waals surface area contributed by atoms with Crippen molar-refractivity contribution in [3.8, 4) is 0 Å². The molecule has 16 heavy (non-hydrogen) atoms. The Labute approximate surface area is 94.9 Å². The van der Waals surface area contributed by atoms with Gasteiger partial charge in [-0.25, -0.2) is 10.2 Å². The van der Waals surface area contributed by atoms with E-state index in [-0.39, 0.29) is 12.1 Å². The van der Waals surface area contributed by atoms with Gasteiger partial charge in [-0.3, -0.25) is 4.99 Å². The summed E-state index contributed by atoms with van der Waals surface area (Å²) in [6.07, 6.45) is 7.68. The van der Waals surface area contributed by atoms with Gasteiger partial charge in [0.05, 0.1) is 11.8 Å². The first-order chi connectivity index (χ1) is 7.77. The average Bonchev–Trinajstić information content (AvgIpc) is 2.25. The molecule has 0 aromatic heterocycles. The first-order valence-electron chi connectivity index (χ1n) is 5.55. The van der Waals surface area contributed by atoms with Crippen molar-refractivity contribution in [3.05, 3.63) is 12.2 Å². The van der Waals surface area contributed by atoms with Gasteiger partial charge in [0.1, 0.15) is 0 Å². The molecule has 0 aromatic rings. The number of carbonyl (C=O) groups is 1. The van der Waals surface area contributed by atoms with E-state index in [1.807, 2.05) is 19.1 Å². The maximum Gasteiger partial charge on any atom is 0.337 e. The van der Waals surface area contributed by atoms with E-state index in [1.165, 1.54) is 0 Å². The van der Waals surface area contributed by atoms with Crippen LogP contribution in [0.3, 0.4) is 0 Å². The molecule has 5 heteroatoms. The highest BCUT2D eigenvalue weighted by Gasteiger charge is 2.19. The molecule has 2 amide bonds. The van der Waals surface area contributed by atoms with Gasteiger partial charge in [0.2, 0.25) is 0 Å². The Hall–Kier alpha value is -1.65. The number of dihydropyridines is 1. The second kappa shape index (κ2) is 4.92. The quantitative estimate of drug-likeness (QED) is 0.551. The van der Waals surface area contributed by atoms with Crippen LogP contribution in [0, 0.1) is 0 Å². The standard InChI is InChI=1S/C11H16N4O/c1-9(10-5-2-3-6-12-10)13-14-11(16)15-7-4-8-15/h2-3,6,10H,4-5,7-8H2,1H3,(H,14,16)/b13-9+. The van der Waals surface area contributed by atoms with Crippen LogP contribution in [0.25, 0.3) is 0 Å². The maximum atomic E-state index is 11.5. The summed E-state index contributed by atoms with van der Waals surface area (Å²) in [5.74, 6) is 0. The highest BCUT2D eigenvalue weighted by molar-refractivity contribution is 5.91. The third-order valence-electron chi connectivity index (χ3n) is 2.80. The third kappa shape index (κ3) is 2.48. The van der Waals surface area contributed by atoms with Gasteiger partial charge in [-0.1, -0.05) is 6.08 Å². The lowest BCUT2D eigenvalue weighted by Crippen LogP contribution is -2.46. The van der Waals surface area contributed by atoms with Crippen molar-refractivity contribution in [2.24, 2.45) is 10.1 Å². The number of likely N-dealkylation sites (tertiary alicyclic amines) is 1. The second-order valence-corrected chi connectivity index (χ2v) is 3.99. The van der Waals surface area contributed by atoms with Crippen molar-refractivity contribution in [2.75, 3.05) is 13.1 Å². The Kier molecular flexibility index (Phi) is 3.34. The third-order valence-corrected chi connectivity index (χ3v) is 2.80. The molecule has 0 spiro atoms. The topological polar surface area (TPSA) is 57.1 Å². The van der Waals surface area contributed by atoms with E-state index in [1.54, 1.807) is 11.1 Å². The van der Waals surface area contributed by atoms with Crippen LogP contribution in [-0.2, 0) is 0 Å². The van der Waals surface area contributed by atoms with Gasteiger partial charge in [0.15, 0.2) is 0 Å². The molecular formula is C11H16N4O. The molecule has 1 fully saturated rings. The second-order valence-electron chi connectivity index (χ2n) is 3.99. The minimum atomic E-state index is -0.110. The molecule has 2 aliphatic heterocycles. The molecule has 0 radical (unpaired) electrons. The molecule has 2 rings (SSSR count). The number of nitrogens with zero attached hydrogens (tertiary/aromatic N) is 3. The lowest BCUT2D eigenvalue weighted by molar-refractivity contribution is 0.168. The first kappa shape index (κ1) is 10.9. The Morgan fingerprint density at radius 2 is 2.38 bits per heavy atom. The van der Waals surface area contributed by atoms with E-state index in [4.69, 9.17) is 0 Å². The number of hydrazone groups is 1. The number of aliphatic imine (C=N–C) groups is 1. The predicted octanol–water partition coefficient (Wildman–Crippen LogP) is 1.18. The number of urea groups is 1. The van der Waals surface area contributed by atoms with E-state index in [9.17, 15) is 4.79 Å². The SMILES string of the molecule is C/C(=N\NC(=O)N1CCC1)C1CC=CC=N1. The van der Waals surface area contributed by atoms with Gasteiger partial charge >= 0.3 is 6.03 Å². The summed E-state index contributed by atoms with van der Waals surface area (Å²) in [6, 6.07) is -0.0392. The van der Waals surface area contributed by atoms with E-state index < -0.39 is 0 Å². The number of rotatable bonds is 2. The smallest absolute Gasteiger partial charge is 0.323 e. The van der Waals surface area contributed by atoms with Gasteiger partial charge in [-0.15, -0.1) is 0 Å². The molecule has 2 heterocycles. The average molecular weight is 220 g/mol. The Balaban J connectivity index is 1.83. The maximum absolute atomic E-state index is 11.5. The summed E-state index contributed by atoms with van der Waals surface area (Å²) < 4.78 is 0. The molecule has 0 aromatic carbocycles. The van der Waals surface area contributed by atoms with Gasteiger partial charge < -0.3 is 4.90 Å². The number of allylic oxidation sites excluding steroid dienone is 1. The predicted molar refractivity (Wildman–Crippen MR) is 63.9 cm³/mol. The van der Waals surface area contributed by atoms with Crippen molar-refractivity contribution in [1.29, 1.82) is 0 Å². The Morgan fingerprint density at radius 1 is 1.56 bits per heavy atom. The van der Waals surface area contributed by atoms with Crippen molar-refractivity contribution in [1.82, 2.24) is 10.3 Å². The molecule has 2 aliphatic rings. The molecular weight excluding hydrogens is 204 g/mol. The molecule has 1 saturated heterocycles. The van der Waals surface area contributed by atoms with Gasteiger partial charge in [-0.05, 0) is 25.8 Å². The van der Waals surface area contributed by atoms with Crippen LogP contribution in [0.4, 0.5) is 4.79 Å². The lowest BCUT2D eigenvalue weighted by atomic mass is 10.1. The molecule has 0 saturated carbocycles. The van der Waals surface area contributed by atoms with Crippen molar-refractivity contribution < 1.29 is 4.79 Å². The van der Waals surface area contributed by atoms with E-state index in [0.29, 0.717) is 0 Å². The number of nitrogens with one attached hydrogen (secondary N) is 1. The molecule has 1 atom stereocenters. The zero-order chi connectivity index (χ0) is 11.4. The van der Waals surface area contributed by atoms with Crippen molar-refractivity contribution in [2.45, 2.75) is 25.8 Å². The fraction of sp³-hybridized carbons (Fsp3) is 0.545. The fourth-order valence-electron chi connectivity index (χ4n) is 1.56. The Morgan fingerprint density at radius 3 is 2.94 bits per heavy atom. The zero-order valence-corrected chi connectivity index (χ0v) is 9.39. The summed E-state index contributed by atoms with van der Waals surface area (Å²) in [6.45, 7) is 3.56. The molecule has 5 nitrogen and oxygen atoms in total. The highest BCUT2D eigenvalue weighted by atomic mass is 16.2. The van der Waals surface area contributed by atoms with Crippen LogP contribution < -0.4 is 5.43 Å². The number of hydrogen-bond donors (Lipinski definition) is 1. The van der Waals surface area contributed by atoms with Crippen LogP contribution in [0.15, 0.2) is 22.2 Å². The fourth-order valence-corrected chi connectivity index (χ4v) is 1.56. The lowest BCUT2D eigenvalue weighted by Gasteiger charge is -2.29. The zero-order valence-electron chi connectivity index (χ0n) is 9.39. The number of carbonyl (C=O) groups excluding carboxylic acids is 1. The summed E-state index contributed by atoms with van der Waals surface area (Å²) >= 11 is 0. The monoisotopic (exact) mass is 220 g/mol. The van der Waals surface area contributed by atoms with E-state index >= 15 is 0 Å². The van der Waals surface area contributed by atoms with Gasteiger partial charge in [0, 0.05) is 19.3 Å². The van der Waals surface area contributed by atoms with E-state index in [0.717, 1.165) is 31.6 Å². The highest BCUT2D eigenvalue weighted by Crippen LogP contribution is 2.07. The van der Waals surface area contributed by atoms with Crippen molar-refractivity contribution >= 4 is 18.0 Å². The minimum absolute atomic E-state index is 0.0710. The molecule has 1 unspecified atom stereocenters. The summed E-state index contributed by atoms with van der Waals surface area (Å²) in [7, 11) is 0. The molecule has 0 bridgehead atoms. The van der Waals surface area contributed by atoms with Crippen LogP contribution in [0.1, 0.15) is 19.8 Å². The summed E-state index contributed by atoms with van der Waals surface area (Å²) in [5, 5.41) is 4.08. The van der Waals surface area contributed by atoms with Gasteiger partial charge in [0.25, 0.3) is 0 Å². The van der Waals surface area contributed by atoms with Crippen LogP contribution in [0.2, 0.25) is 0 Å². The molecule has 86 valence electrons. The number of amides is 2. The first-order valence-corrected chi connectivity index (χ1v) is 5.55. The summed E-state index contributed by atoms with van der Waals surface area (Å²) in [4.78, 5) is 17.5. The summed E-state index contributed by atoms with van der Waals surface area (Å²) in [5.41, 5.74) is 3.40.